The van der Waals surface area contributed by atoms with E-state index in [1.165, 1.54) is 39.1 Å². The fourth-order valence-corrected chi connectivity index (χ4v) is 8.03. The summed E-state index contributed by atoms with van der Waals surface area (Å²) in [6, 6.07) is 68.8. The zero-order chi connectivity index (χ0) is 37.3. The highest BCUT2D eigenvalue weighted by Gasteiger charge is 2.21. The second kappa shape index (κ2) is 14.5. The van der Waals surface area contributed by atoms with Crippen molar-refractivity contribution in [3.63, 3.8) is 0 Å². The van der Waals surface area contributed by atoms with Gasteiger partial charge in [0.2, 0.25) is 5.89 Å². The molecule has 0 saturated heterocycles. The average molecular weight is 719 g/mol. The van der Waals surface area contributed by atoms with Gasteiger partial charge in [0, 0.05) is 33.8 Å². The first-order valence-corrected chi connectivity index (χ1v) is 19.2. The van der Waals surface area contributed by atoms with Gasteiger partial charge in [-0.25, -0.2) is 4.98 Å². The third-order valence-electron chi connectivity index (χ3n) is 10.9. The van der Waals surface area contributed by atoms with E-state index in [1.807, 2.05) is 36.4 Å². The predicted octanol–water partition coefficient (Wildman–Crippen LogP) is 14.4. The number of hydrogen-bond donors (Lipinski definition) is 0. The van der Waals surface area contributed by atoms with Gasteiger partial charge in [-0.3, -0.25) is 0 Å². The van der Waals surface area contributed by atoms with Crippen LogP contribution in [0.5, 0.6) is 0 Å². The summed E-state index contributed by atoms with van der Waals surface area (Å²) in [7, 11) is 0. The van der Waals surface area contributed by atoms with Crippen LogP contribution in [0.1, 0.15) is 17.9 Å². The number of oxazole rings is 1. The van der Waals surface area contributed by atoms with Gasteiger partial charge in [0.1, 0.15) is 5.52 Å². The molecule has 0 aliphatic heterocycles. The molecule has 0 spiro atoms. The van der Waals surface area contributed by atoms with Gasteiger partial charge < -0.3 is 9.32 Å². The first-order chi connectivity index (χ1) is 27.8. The standard InChI is InChI=1S/C53H38N2O/c1-4-13-37(14-5-1)39-27-31-44(32-28-39)55(50-22-11-10-19-47(50)41-15-6-2-7-16-41)45-33-29-40(30-34-45)38-23-25-42(26-24-38)46-20-12-21-49-48(46)35-36-51-52(49)54-53(56-51)43-17-8-3-9-18-43/h1-27,29-36,39H,28H2. The molecule has 0 radical (unpaired) electrons. The molecule has 10 rings (SSSR count). The minimum Gasteiger partial charge on any atom is -0.436 e. The van der Waals surface area contributed by atoms with E-state index in [0.717, 1.165) is 50.8 Å². The van der Waals surface area contributed by atoms with E-state index in [1.54, 1.807) is 0 Å². The van der Waals surface area contributed by atoms with Crippen LogP contribution in [0.2, 0.25) is 0 Å². The molecule has 56 heavy (non-hydrogen) atoms. The molecular weight excluding hydrogens is 681 g/mol. The van der Waals surface area contributed by atoms with Gasteiger partial charge in [0.05, 0.1) is 5.69 Å². The lowest BCUT2D eigenvalue weighted by Gasteiger charge is -2.31. The van der Waals surface area contributed by atoms with Crippen LogP contribution in [0.15, 0.2) is 222 Å². The Morgan fingerprint density at radius 2 is 1.09 bits per heavy atom. The first-order valence-electron chi connectivity index (χ1n) is 19.2. The topological polar surface area (TPSA) is 29.3 Å². The molecule has 0 saturated carbocycles. The molecule has 1 heterocycles. The Morgan fingerprint density at radius 1 is 0.482 bits per heavy atom. The van der Waals surface area contributed by atoms with E-state index in [9.17, 15) is 0 Å². The molecule has 3 heteroatoms. The summed E-state index contributed by atoms with van der Waals surface area (Å²) in [6.07, 6.45) is 7.97. The van der Waals surface area contributed by atoms with Crippen LogP contribution in [-0.4, -0.2) is 4.98 Å². The quantitative estimate of drug-likeness (QED) is 0.157. The number of hydrogen-bond acceptors (Lipinski definition) is 3. The van der Waals surface area contributed by atoms with Gasteiger partial charge in [0.15, 0.2) is 5.58 Å². The van der Waals surface area contributed by atoms with E-state index < -0.39 is 0 Å². The number of fused-ring (bicyclic) bond motifs is 3. The molecule has 1 aromatic heterocycles. The molecule has 9 aromatic rings. The number of para-hydroxylation sites is 1. The average Bonchev–Trinajstić information content (AvgIpc) is 3.74. The highest BCUT2D eigenvalue weighted by molar-refractivity contribution is 6.09. The summed E-state index contributed by atoms with van der Waals surface area (Å²) in [5.41, 5.74) is 14.5. The van der Waals surface area contributed by atoms with Gasteiger partial charge in [-0.1, -0.05) is 164 Å². The van der Waals surface area contributed by atoms with E-state index in [4.69, 9.17) is 9.40 Å². The third-order valence-corrected chi connectivity index (χ3v) is 10.9. The van der Waals surface area contributed by atoms with E-state index in [-0.39, 0.29) is 0 Å². The zero-order valence-electron chi connectivity index (χ0n) is 30.8. The molecule has 1 aliphatic carbocycles. The Balaban J connectivity index is 0.969. The SMILES string of the molecule is C1=CC(c2ccccc2)CC=C1N(c1ccc(-c2ccc(-c3cccc4c3ccc3oc(-c5ccccc5)nc34)cc2)cc1)c1ccccc1-c1ccccc1. The van der Waals surface area contributed by atoms with Crippen LogP contribution in [0.25, 0.3) is 66.7 Å². The number of anilines is 2. The maximum Gasteiger partial charge on any atom is 0.227 e. The zero-order valence-corrected chi connectivity index (χ0v) is 30.8. The fourth-order valence-electron chi connectivity index (χ4n) is 8.03. The highest BCUT2D eigenvalue weighted by atomic mass is 16.3. The van der Waals surface area contributed by atoms with Gasteiger partial charge in [0.25, 0.3) is 0 Å². The second-order valence-corrected chi connectivity index (χ2v) is 14.3. The molecule has 1 unspecified atom stereocenters. The largest absolute Gasteiger partial charge is 0.436 e. The minimum atomic E-state index is 0.362. The Hall–Kier alpha value is -7.23. The molecule has 1 atom stereocenters. The summed E-state index contributed by atoms with van der Waals surface area (Å²) in [6.45, 7) is 0. The monoisotopic (exact) mass is 718 g/mol. The van der Waals surface area contributed by atoms with Crippen molar-refractivity contribution in [1.29, 1.82) is 0 Å². The van der Waals surface area contributed by atoms with Crippen LogP contribution < -0.4 is 4.90 Å². The number of nitrogens with zero attached hydrogens (tertiary/aromatic N) is 2. The summed E-state index contributed by atoms with van der Waals surface area (Å²) >= 11 is 0. The van der Waals surface area contributed by atoms with Gasteiger partial charge in [-0.15, -0.1) is 0 Å². The lowest BCUT2D eigenvalue weighted by molar-refractivity contribution is 0.620. The van der Waals surface area contributed by atoms with Crippen molar-refractivity contribution in [2.45, 2.75) is 12.3 Å². The van der Waals surface area contributed by atoms with Gasteiger partial charge in [-0.2, -0.15) is 0 Å². The molecule has 0 amide bonds. The lowest BCUT2D eigenvalue weighted by atomic mass is 9.91. The van der Waals surface area contributed by atoms with Crippen molar-refractivity contribution in [3.8, 4) is 44.8 Å². The smallest absolute Gasteiger partial charge is 0.227 e. The summed E-state index contributed by atoms with van der Waals surface area (Å²) in [5.74, 6) is 1.00. The number of rotatable bonds is 8. The summed E-state index contributed by atoms with van der Waals surface area (Å²) in [4.78, 5) is 7.33. The summed E-state index contributed by atoms with van der Waals surface area (Å²) < 4.78 is 6.18. The Kier molecular flexibility index (Phi) is 8.66. The number of aromatic nitrogens is 1. The second-order valence-electron chi connectivity index (χ2n) is 14.3. The number of benzene rings is 8. The molecule has 1 aliphatic rings. The molecule has 266 valence electrons. The Labute approximate surface area is 327 Å². The fraction of sp³-hybridized carbons (Fsp3) is 0.0377. The highest BCUT2D eigenvalue weighted by Crippen LogP contribution is 2.41. The molecule has 0 fully saturated rings. The maximum absolute atomic E-state index is 6.18. The molecule has 8 aromatic carbocycles. The van der Waals surface area contributed by atoms with Crippen LogP contribution in [0.4, 0.5) is 11.4 Å². The van der Waals surface area contributed by atoms with E-state index >= 15 is 0 Å². The van der Waals surface area contributed by atoms with Crippen molar-refractivity contribution in [3.05, 3.63) is 224 Å². The maximum atomic E-state index is 6.18. The van der Waals surface area contributed by atoms with Crippen molar-refractivity contribution >= 4 is 33.2 Å². The van der Waals surface area contributed by atoms with Crippen molar-refractivity contribution in [2.24, 2.45) is 0 Å². The normalized spacial score (nSPS) is 13.9. The van der Waals surface area contributed by atoms with E-state index in [2.05, 4.69) is 181 Å². The molecule has 3 nitrogen and oxygen atoms in total. The van der Waals surface area contributed by atoms with Gasteiger partial charge >= 0.3 is 0 Å². The third kappa shape index (κ3) is 6.29. The van der Waals surface area contributed by atoms with Crippen LogP contribution in [-0.2, 0) is 0 Å². The molecule has 0 N–H and O–H groups in total. The van der Waals surface area contributed by atoms with E-state index in [0.29, 0.717) is 11.8 Å². The lowest BCUT2D eigenvalue weighted by Crippen LogP contribution is -2.18. The summed E-state index contributed by atoms with van der Waals surface area (Å²) in [5, 5.41) is 2.24. The Morgan fingerprint density at radius 3 is 1.80 bits per heavy atom. The Bertz CT molecular complexity index is 2850. The van der Waals surface area contributed by atoms with Crippen molar-refractivity contribution in [2.75, 3.05) is 4.90 Å². The van der Waals surface area contributed by atoms with Crippen molar-refractivity contribution in [1.82, 2.24) is 4.98 Å². The van der Waals surface area contributed by atoms with Crippen LogP contribution in [0.3, 0.4) is 0 Å². The van der Waals surface area contributed by atoms with Crippen LogP contribution in [0, 0.1) is 0 Å². The molecular formula is C53H38N2O. The molecule has 0 bridgehead atoms. The minimum absolute atomic E-state index is 0.362. The number of allylic oxidation sites excluding steroid dienone is 3. The van der Waals surface area contributed by atoms with Gasteiger partial charge in [-0.05, 0) is 93.7 Å². The van der Waals surface area contributed by atoms with Crippen molar-refractivity contribution < 1.29 is 4.42 Å². The van der Waals surface area contributed by atoms with Crippen LogP contribution >= 0.6 is 0 Å². The first kappa shape index (κ1) is 33.3. The predicted molar refractivity (Wildman–Crippen MR) is 233 cm³/mol.